The highest BCUT2D eigenvalue weighted by Crippen LogP contribution is 2.16. The maximum Gasteiger partial charge on any atom is 0.303 e. The van der Waals surface area contributed by atoms with Crippen molar-refractivity contribution in [1.29, 1.82) is 0 Å². The molecule has 1 N–H and O–H groups in total. The monoisotopic (exact) mass is 329 g/mol. The Morgan fingerprint density at radius 3 is 2.50 bits per heavy atom. The maximum atomic E-state index is 14.0. The molecule has 0 atom stereocenters. The van der Waals surface area contributed by atoms with Crippen molar-refractivity contribution in [2.75, 3.05) is 6.54 Å². The summed E-state index contributed by atoms with van der Waals surface area (Å²) in [6.45, 7) is 2.36. The zero-order valence-electron chi connectivity index (χ0n) is 13.5. The lowest BCUT2D eigenvalue weighted by Gasteiger charge is -2.23. The SMILES string of the molecule is Cc1ccc(F)c(C(=O)N(CCCC(=O)O)Cc2ccccc2)c1. The highest BCUT2D eigenvalue weighted by atomic mass is 19.1. The van der Waals surface area contributed by atoms with Crippen LogP contribution in [0.15, 0.2) is 48.5 Å². The maximum absolute atomic E-state index is 14.0. The summed E-state index contributed by atoms with van der Waals surface area (Å²) in [6, 6.07) is 13.8. The van der Waals surface area contributed by atoms with E-state index >= 15 is 0 Å². The first-order valence-electron chi connectivity index (χ1n) is 7.78. The Kier molecular flexibility index (Phi) is 6.07. The summed E-state index contributed by atoms with van der Waals surface area (Å²) in [5, 5.41) is 8.79. The van der Waals surface area contributed by atoms with E-state index in [-0.39, 0.29) is 18.5 Å². The number of carbonyl (C=O) groups excluding carboxylic acids is 1. The normalized spacial score (nSPS) is 10.4. The molecule has 0 radical (unpaired) electrons. The quantitative estimate of drug-likeness (QED) is 0.844. The Balaban J connectivity index is 2.21. The van der Waals surface area contributed by atoms with E-state index in [4.69, 9.17) is 5.11 Å². The van der Waals surface area contributed by atoms with Crippen LogP contribution in [0.5, 0.6) is 0 Å². The molecule has 5 heteroatoms. The van der Waals surface area contributed by atoms with Gasteiger partial charge in [0, 0.05) is 19.5 Å². The zero-order chi connectivity index (χ0) is 17.5. The molecular weight excluding hydrogens is 309 g/mol. The van der Waals surface area contributed by atoms with Gasteiger partial charge in [0.05, 0.1) is 5.56 Å². The van der Waals surface area contributed by atoms with Gasteiger partial charge in [-0.3, -0.25) is 9.59 Å². The van der Waals surface area contributed by atoms with Gasteiger partial charge in [-0.1, -0.05) is 42.0 Å². The van der Waals surface area contributed by atoms with Gasteiger partial charge >= 0.3 is 5.97 Å². The van der Waals surface area contributed by atoms with Crippen LogP contribution in [-0.2, 0) is 11.3 Å². The number of hydrogen-bond acceptors (Lipinski definition) is 2. The summed E-state index contributed by atoms with van der Waals surface area (Å²) in [5.74, 6) is -1.91. The number of aryl methyl sites for hydroxylation is 1. The van der Waals surface area contributed by atoms with Crippen LogP contribution in [-0.4, -0.2) is 28.4 Å². The van der Waals surface area contributed by atoms with Crippen LogP contribution >= 0.6 is 0 Å². The third-order valence-corrected chi connectivity index (χ3v) is 3.67. The Labute approximate surface area is 140 Å². The number of halogens is 1. The topological polar surface area (TPSA) is 57.6 Å². The summed E-state index contributed by atoms with van der Waals surface area (Å²) >= 11 is 0. The number of nitrogens with zero attached hydrogens (tertiary/aromatic N) is 1. The number of carbonyl (C=O) groups is 2. The molecule has 1 amide bonds. The van der Waals surface area contributed by atoms with Gasteiger partial charge in [-0.25, -0.2) is 4.39 Å². The lowest BCUT2D eigenvalue weighted by atomic mass is 10.1. The third-order valence-electron chi connectivity index (χ3n) is 3.67. The lowest BCUT2D eigenvalue weighted by molar-refractivity contribution is -0.137. The van der Waals surface area contributed by atoms with Gasteiger partial charge in [-0.15, -0.1) is 0 Å². The van der Waals surface area contributed by atoms with Gasteiger partial charge in [-0.2, -0.15) is 0 Å². The fourth-order valence-corrected chi connectivity index (χ4v) is 2.45. The molecule has 2 aromatic rings. The van der Waals surface area contributed by atoms with Crippen molar-refractivity contribution in [2.45, 2.75) is 26.3 Å². The molecule has 0 aliphatic heterocycles. The molecule has 0 aromatic heterocycles. The largest absolute Gasteiger partial charge is 0.481 e. The highest BCUT2D eigenvalue weighted by molar-refractivity contribution is 5.94. The minimum atomic E-state index is -0.913. The summed E-state index contributed by atoms with van der Waals surface area (Å²) in [5.41, 5.74) is 1.72. The predicted octanol–water partition coefficient (Wildman–Crippen LogP) is 3.64. The van der Waals surface area contributed by atoms with Crippen LogP contribution < -0.4 is 0 Å². The molecule has 0 unspecified atom stereocenters. The van der Waals surface area contributed by atoms with E-state index in [0.717, 1.165) is 11.1 Å². The minimum absolute atomic E-state index is 0.0151. The molecule has 126 valence electrons. The van der Waals surface area contributed by atoms with Gasteiger partial charge in [0.2, 0.25) is 0 Å². The molecule has 0 fully saturated rings. The number of benzene rings is 2. The van der Waals surface area contributed by atoms with Crippen molar-refractivity contribution in [2.24, 2.45) is 0 Å². The first-order chi connectivity index (χ1) is 11.5. The average molecular weight is 329 g/mol. The molecule has 0 aliphatic rings. The van der Waals surface area contributed by atoms with Crippen molar-refractivity contribution in [1.82, 2.24) is 4.90 Å². The minimum Gasteiger partial charge on any atom is -0.481 e. The van der Waals surface area contributed by atoms with Crippen molar-refractivity contribution in [3.05, 3.63) is 71.0 Å². The fraction of sp³-hybridized carbons (Fsp3) is 0.263. The number of amides is 1. The van der Waals surface area contributed by atoms with E-state index in [1.54, 1.807) is 13.0 Å². The summed E-state index contributed by atoms with van der Waals surface area (Å²) in [6.07, 6.45) is 0.288. The molecule has 0 aliphatic carbocycles. The van der Waals surface area contributed by atoms with Crippen LogP contribution in [0, 0.1) is 12.7 Å². The van der Waals surface area contributed by atoms with Gasteiger partial charge in [0.1, 0.15) is 5.82 Å². The van der Waals surface area contributed by atoms with E-state index in [1.165, 1.54) is 17.0 Å². The van der Waals surface area contributed by atoms with Crippen molar-refractivity contribution >= 4 is 11.9 Å². The molecule has 0 spiro atoms. The number of hydrogen-bond donors (Lipinski definition) is 1. The molecule has 24 heavy (non-hydrogen) atoms. The predicted molar refractivity (Wildman–Crippen MR) is 89.2 cm³/mol. The van der Waals surface area contributed by atoms with E-state index in [2.05, 4.69) is 0 Å². The Bertz CT molecular complexity index is 716. The number of rotatable bonds is 7. The summed E-state index contributed by atoms with van der Waals surface area (Å²) < 4.78 is 14.0. The van der Waals surface area contributed by atoms with E-state index in [9.17, 15) is 14.0 Å². The third kappa shape index (κ3) is 4.91. The molecule has 0 saturated carbocycles. The van der Waals surface area contributed by atoms with Crippen molar-refractivity contribution in [3.63, 3.8) is 0 Å². The van der Waals surface area contributed by atoms with Crippen molar-refractivity contribution < 1.29 is 19.1 Å². The van der Waals surface area contributed by atoms with Crippen LogP contribution in [0.2, 0.25) is 0 Å². The highest BCUT2D eigenvalue weighted by Gasteiger charge is 2.20. The molecule has 4 nitrogen and oxygen atoms in total. The van der Waals surface area contributed by atoms with Crippen LogP contribution in [0.3, 0.4) is 0 Å². The van der Waals surface area contributed by atoms with Crippen molar-refractivity contribution in [3.8, 4) is 0 Å². The van der Waals surface area contributed by atoms with E-state index < -0.39 is 17.7 Å². The molecular formula is C19H20FNO3. The van der Waals surface area contributed by atoms with Crippen LogP contribution in [0.1, 0.15) is 34.3 Å². The fourth-order valence-electron chi connectivity index (χ4n) is 2.45. The number of carboxylic acid groups (broad SMARTS) is 1. The molecule has 0 bridgehead atoms. The standard InChI is InChI=1S/C19H20FNO3/c1-14-9-10-17(20)16(12-14)19(24)21(11-5-8-18(22)23)13-15-6-3-2-4-7-15/h2-4,6-7,9-10,12H,5,8,11,13H2,1H3,(H,22,23). The van der Waals surface area contributed by atoms with Gasteiger partial charge in [-0.05, 0) is 31.0 Å². The first kappa shape index (κ1) is 17.7. The van der Waals surface area contributed by atoms with Gasteiger partial charge in [0.15, 0.2) is 0 Å². The smallest absolute Gasteiger partial charge is 0.303 e. The molecule has 2 rings (SSSR count). The molecule has 0 heterocycles. The van der Waals surface area contributed by atoms with Gasteiger partial charge in [0.25, 0.3) is 5.91 Å². The lowest BCUT2D eigenvalue weighted by Crippen LogP contribution is -2.32. The Morgan fingerprint density at radius 1 is 1.12 bits per heavy atom. The number of carboxylic acids is 1. The van der Waals surface area contributed by atoms with E-state index in [0.29, 0.717) is 13.0 Å². The van der Waals surface area contributed by atoms with Crippen LogP contribution in [0.4, 0.5) is 4.39 Å². The van der Waals surface area contributed by atoms with Gasteiger partial charge < -0.3 is 10.0 Å². The van der Waals surface area contributed by atoms with Crippen LogP contribution in [0.25, 0.3) is 0 Å². The number of aliphatic carboxylic acids is 1. The Hall–Kier alpha value is -2.69. The second-order valence-corrected chi connectivity index (χ2v) is 5.69. The Morgan fingerprint density at radius 2 is 1.83 bits per heavy atom. The first-order valence-corrected chi connectivity index (χ1v) is 7.78. The second kappa shape index (κ2) is 8.24. The van der Waals surface area contributed by atoms with E-state index in [1.807, 2.05) is 30.3 Å². The zero-order valence-corrected chi connectivity index (χ0v) is 13.5. The molecule has 2 aromatic carbocycles. The summed E-state index contributed by atoms with van der Waals surface area (Å²) in [7, 11) is 0. The summed E-state index contributed by atoms with van der Waals surface area (Å²) in [4.78, 5) is 24.9. The second-order valence-electron chi connectivity index (χ2n) is 5.69. The average Bonchev–Trinajstić information content (AvgIpc) is 2.56. The molecule has 0 saturated heterocycles.